The van der Waals surface area contributed by atoms with Crippen LogP contribution in [0.4, 0.5) is 0 Å². The summed E-state index contributed by atoms with van der Waals surface area (Å²) in [5.41, 5.74) is 7.64. The van der Waals surface area contributed by atoms with Gasteiger partial charge in [-0.15, -0.1) is 0 Å². The Bertz CT molecular complexity index is 1080. The van der Waals surface area contributed by atoms with Crippen molar-refractivity contribution in [1.29, 1.82) is 0 Å². The maximum absolute atomic E-state index is 13.5. The third-order valence-corrected chi connectivity index (χ3v) is 6.50. The third kappa shape index (κ3) is 5.53. The summed E-state index contributed by atoms with van der Waals surface area (Å²) in [6.45, 7) is 10.0. The van der Waals surface area contributed by atoms with Crippen molar-refractivity contribution in [3.8, 4) is 11.3 Å². The van der Waals surface area contributed by atoms with E-state index in [4.69, 9.17) is 0 Å². The molecular formula is C28H36N4O. The van der Waals surface area contributed by atoms with Crippen molar-refractivity contribution in [3.63, 3.8) is 0 Å². The number of aromatic amines is 1. The lowest BCUT2D eigenvalue weighted by Gasteiger charge is -2.33. The van der Waals surface area contributed by atoms with Gasteiger partial charge in [0.15, 0.2) is 0 Å². The molecule has 3 aromatic rings. The number of nitrogens with zero attached hydrogens (tertiary/aromatic N) is 3. The second kappa shape index (κ2) is 10.3. The molecule has 1 aromatic heterocycles. The molecule has 33 heavy (non-hydrogen) atoms. The van der Waals surface area contributed by atoms with Crippen LogP contribution in [0.5, 0.6) is 0 Å². The molecule has 0 atom stereocenters. The Morgan fingerprint density at radius 1 is 1.03 bits per heavy atom. The fourth-order valence-corrected chi connectivity index (χ4v) is 4.61. The molecule has 1 amide bonds. The van der Waals surface area contributed by atoms with E-state index in [1.165, 1.54) is 11.1 Å². The van der Waals surface area contributed by atoms with E-state index in [0.29, 0.717) is 5.92 Å². The molecule has 5 nitrogen and oxygen atoms in total. The Morgan fingerprint density at radius 2 is 1.76 bits per heavy atom. The van der Waals surface area contributed by atoms with Crippen LogP contribution >= 0.6 is 0 Å². The molecule has 0 spiro atoms. The van der Waals surface area contributed by atoms with Gasteiger partial charge in [-0.1, -0.05) is 51.1 Å². The zero-order valence-electron chi connectivity index (χ0n) is 20.4. The number of hydrogen-bond donors (Lipinski definition) is 1. The summed E-state index contributed by atoms with van der Waals surface area (Å²) in [6.07, 6.45) is 2.57. The normalized spacial score (nSPS) is 14.8. The molecular weight excluding hydrogens is 408 g/mol. The molecule has 1 aliphatic heterocycles. The maximum atomic E-state index is 13.5. The molecule has 4 rings (SSSR count). The molecule has 1 saturated heterocycles. The number of hydrogen-bond acceptors (Lipinski definition) is 3. The number of aryl methyl sites for hydroxylation is 1. The van der Waals surface area contributed by atoms with Gasteiger partial charge in [0.25, 0.3) is 5.91 Å². The first-order chi connectivity index (χ1) is 15.9. The fraction of sp³-hybridized carbons (Fsp3) is 0.429. The van der Waals surface area contributed by atoms with Gasteiger partial charge in [-0.2, -0.15) is 5.10 Å². The van der Waals surface area contributed by atoms with Gasteiger partial charge in [0.05, 0.1) is 5.69 Å². The van der Waals surface area contributed by atoms with Gasteiger partial charge in [-0.05, 0) is 60.7 Å². The smallest absolute Gasteiger partial charge is 0.254 e. The highest BCUT2D eigenvalue weighted by Gasteiger charge is 2.24. The van der Waals surface area contributed by atoms with E-state index in [1.54, 1.807) is 0 Å². The number of rotatable bonds is 7. The second-order valence-corrected chi connectivity index (χ2v) is 9.65. The van der Waals surface area contributed by atoms with Crippen LogP contribution in [0.2, 0.25) is 0 Å². The lowest BCUT2D eigenvalue weighted by Crippen LogP contribution is -2.47. The van der Waals surface area contributed by atoms with Crippen LogP contribution in [-0.4, -0.2) is 59.1 Å². The number of aromatic nitrogens is 2. The Morgan fingerprint density at radius 3 is 2.42 bits per heavy atom. The predicted octanol–water partition coefficient (Wildman–Crippen LogP) is 4.82. The van der Waals surface area contributed by atoms with Crippen molar-refractivity contribution >= 4 is 5.91 Å². The van der Waals surface area contributed by atoms with Crippen molar-refractivity contribution in [3.05, 3.63) is 76.5 Å². The summed E-state index contributed by atoms with van der Waals surface area (Å²) >= 11 is 0. The van der Waals surface area contributed by atoms with Gasteiger partial charge in [0.2, 0.25) is 0 Å². The van der Waals surface area contributed by atoms with Gasteiger partial charge in [-0.25, -0.2) is 0 Å². The summed E-state index contributed by atoms with van der Waals surface area (Å²) in [7, 11) is 2.12. The van der Waals surface area contributed by atoms with E-state index in [1.807, 2.05) is 11.0 Å². The lowest BCUT2D eigenvalue weighted by atomic mass is 9.90. The van der Waals surface area contributed by atoms with Gasteiger partial charge in [0, 0.05) is 49.4 Å². The summed E-state index contributed by atoms with van der Waals surface area (Å²) < 4.78 is 0. The first-order valence-electron chi connectivity index (χ1n) is 12.2. The summed E-state index contributed by atoms with van der Waals surface area (Å²) in [4.78, 5) is 17.8. The van der Waals surface area contributed by atoms with Gasteiger partial charge in [0.1, 0.15) is 0 Å². The van der Waals surface area contributed by atoms with E-state index < -0.39 is 0 Å². The van der Waals surface area contributed by atoms with Crippen molar-refractivity contribution in [1.82, 2.24) is 20.0 Å². The minimum atomic E-state index is 0.170. The minimum Gasteiger partial charge on any atom is -0.336 e. The minimum absolute atomic E-state index is 0.170. The summed E-state index contributed by atoms with van der Waals surface area (Å²) in [5, 5.41) is 7.91. The Balaban J connectivity index is 1.67. The molecule has 0 unspecified atom stereocenters. The fourth-order valence-electron chi connectivity index (χ4n) is 4.61. The van der Waals surface area contributed by atoms with Gasteiger partial charge in [-0.3, -0.25) is 9.89 Å². The average Bonchev–Trinajstić information content (AvgIpc) is 3.27. The zero-order valence-corrected chi connectivity index (χ0v) is 20.4. The molecule has 174 valence electrons. The van der Waals surface area contributed by atoms with E-state index in [9.17, 15) is 4.79 Å². The molecule has 1 aliphatic rings. The molecule has 0 radical (unpaired) electrons. The van der Waals surface area contributed by atoms with Crippen LogP contribution < -0.4 is 0 Å². The van der Waals surface area contributed by atoms with Crippen molar-refractivity contribution in [2.24, 2.45) is 5.92 Å². The average molecular weight is 445 g/mol. The molecule has 0 saturated carbocycles. The highest BCUT2D eigenvalue weighted by Crippen LogP contribution is 2.30. The van der Waals surface area contributed by atoms with Crippen molar-refractivity contribution in [2.45, 2.75) is 40.0 Å². The van der Waals surface area contributed by atoms with Crippen molar-refractivity contribution in [2.75, 3.05) is 33.2 Å². The van der Waals surface area contributed by atoms with E-state index in [-0.39, 0.29) is 5.91 Å². The second-order valence-electron chi connectivity index (χ2n) is 9.65. The largest absolute Gasteiger partial charge is 0.336 e. The summed E-state index contributed by atoms with van der Waals surface area (Å²) in [5.74, 6) is 0.661. The van der Waals surface area contributed by atoms with Crippen LogP contribution in [0.25, 0.3) is 11.3 Å². The van der Waals surface area contributed by atoms with Crippen LogP contribution in [0.15, 0.2) is 48.5 Å². The van der Waals surface area contributed by atoms with Crippen LogP contribution in [-0.2, 0) is 19.3 Å². The maximum Gasteiger partial charge on any atom is 0.254 e. The van der Waals surface area contributed by atoms with Gasteiger partial charge < -0.3 is 9.80 Å². The van der Waals surface area contributed by atoms with Crippen molar-refractivity contribution < 1.29 is 4.79 Å². The molecule has 1 N–H and O–H groups in total. The quantitative estimate of drug-likeness (QED) is 0.569. The molecule has 0 bridgehead atoms. The number of nitrogens with one attached hydrogen (secondary N) is 1. The van der Waals surface area contributed by atoms with Crippen LogP contribution in [0.3, 0.4) is 0 Å². The zero-order chi connectivity index (χ0) is 23.4. The number of H-pyrrole nitrogens is 1. The molecule has 2 aromatic carbocycles. The number of carbonyl (C=O) groups is 1. The molecule has 2 heterocycles. The van der Waals surface area contributed by atoms with E-state index >= 15 is 0 Å². The molecule has 5 heteroatoms. The Hall–Kier alpha value is -2.92. The number of benzene rings is 2. The van der Waals surface area contributed by atoms with Gasteiger partial charge >= 0.3 is 0 Å². The number of amides is 1. The highest BCUT2D eigenvalue weighted by molar-refractivity contribution is 5.97. The van der Waals surface area contributed by atoms with E-state index in [0.717, 1.165) is 73.5 Å². The number of carbonyl (C=O) groups excluding carboxylic acids is 1. The first kappa shape index (κ1) is 23.2. The molecule has 0 aliphatic carbocycles. The standard InChI is InChI=1S/C28H36N4O/c1-5-22-17-25(27-19-24(29-30-27)16-21-9-7-6-8-10-21)23(15-20(2)3)18-26(22)28(33)32-13-11-31(4)12-14-32/h6-10,17-20H,5,11-16H2,1-4H3,(H,29,30). The van der Waals surface area contributed by atoms with E-state index in [2.05, 4.69) is 85.4 Å². The SMILES string of the molecule is CCc1cc(-c2cc(Cc3ccccc3)[nH]n2)c(CC(C)C)cc1C(=O)N1CCN(C)CC1. The van der Waals surface area contributed by atoms with Crippen LogP contribution in [0.1, 0.15) is 53.5 Å². The first-order valence-corrected chi connectivity index (χ1v) is 12.2. The summed E-state index contributed by atoms with van der Waals surface area (Å²) in [6, 6.07) is 17.0. The molecule has 1 fully saturated rings. The Labute approximate surface area is 197 Å². The topological polar surface area (TPSA) is 52.2 Å². The monoisotopic (exact) mass is 444 g/mol. The predicted molar refractivity (Wildman–Crippen MR) is 135 cm³/mol. The van der Waals surface area contributed by atoms with Crippen LogP contribution in [0, 0.1) is 5.92 Å². The lowest BCUT2D eigenvalue weighted by molar-refractivity contribution is 0.0663. The number of likely N-dealkylation sites (N-methyl/N-ethyl adjacent to an activating group) is 1. The number of piperazine rings is 1. The third-order valence-electron chi connectivity index (χ3n) is 6.50. The Kier molecular flexibility index (Phi) is 7.29. The highest BCUT2D eigenvalue weighted by atomic mass is 16.2.